The van der Waals surface area contributed by atoms with Crippen molar-refractivity contribution in [3.05, 3.63) is 71.8 Å². The summed E-state index contributed by atoms with van der Waals surface area (Å²) in [6, 6.07) is 13.3. The van der Waals surface area contributed by atoms with E-state index in [1.807, 2.05) is 24.3 Å². The number of aromatic nitrogens is 3. The quantitative estimate of drug-likeness (QED) is 0.700. The fraction of sp³-hybridized carbons (Fsp3) is 0.211. The summed E-state index contributed by atoms with van der Waals surface area (Å²) in [5, 5.41) is 14.2. The molecule has 0 aliphatic carbocycles. The largest absolute Gasteiger partial charge is 0.371 e. The van der Waals surface area contributed by atoms with E-state index in [1.165, 1.54) is 23.1 Å². The van der Waals surface area contributed by atoms with E-state index in [0.29, 0.717) is 18.0 Å². The molecule has 2 N–H and O–H groups in total. The molecule has 4 rings (SSSR count). The van der Waals surface area contributed by atoms with Crippen molar-refractivity contribution in [2.45, 2.75) is 6.10 Å². The molecule has 1 aliphatic heterocycles. The monoisotopic (exact) mass is 403 g/mol. The molecule has 1 atom stereocenters. The van der Waals surface area contributed by atoms with Gasteiger partial charge in [0.15, 0.2) is 5.69 Å². The van der Waals surface area contributed by atoms with Crippen LogP contribution in [-0.4, -0.2) is 40.6 Å². The van der Waals surface area contributed by atoms with E-state index in [-0.39, 0.29) is 30.1 Å². The number of rotatable bonds is 4. The van der Waals surface area contributed by atoms with E-state index in [0.717, 1.165) is 18.7 Å². The third kappa shape index (κ3) is 4.53. The lowest BCUT2D eigenvalue weighted by Gasteiger charge is -2.24. The molecule has 1 amide bonds. The van der Waals surface area contributed by atoms with Gasteiger partial charge >= 0.3 is 0 Å². The first-order valence-corrected chi connectivity index (χ1v) is 8.61. The van der Waals surface area contributed by atoms with Crippen LogP contribution in [0.1, 0.15) is 22.2 Å². The molecule has 7 nitrogen and oxygen atoms in total. The second-order valence-corrected chi connectivity index (χ2v) is 6.14. The van der Waals surface area contributed by atoms with Gasteiger partial charge in [0.25, 0.3) is 5.91 Å². The predicted molar refractivity (Wildman–Crippen MR) is 105 cm³/mol. The van der Waals surface area contributed by atoms with Crippen LogP contribution in [0.25, 0.3) is 5.69 Å². The predicted octanol–water partition coefficient (Wildman–Crippen LogP) is 2.74. The van der Waals surface area contributed by atoms with Crippen molar-refractivity contribution >= 4 is 24.0 Å². The van der Waals surface area contributed by atoms with Gasteiger partial charge in [0.1, 0.15) is 5.82 Å². The molecule has 146 valence electrons. The first kappa shape index (κ1) is 19.9. The van der Waals surface area contributed by atoms with Crippen molar-refractivity contribution in [1.82, 2.24) is 20.3 Å². The number of halogens is 2. The molecular formula is C19H19ClFN5O2. The van der Waals surface area contributed by atoms with Gasteiger partial charge in [-0.25, -0.2) is 4.39 Å². The first-order valence-electron chi connectivity index (χ1n) is 8.61. The van der Waals surface area contributed by atoms with E-state index in [9.17, 15) is 9.18 Å². The Kier molecular flexibility index (Phi) is 6.35. The van der Waals surface area contributed by atoms with Crippen molar-refractivity contribution in [2.24, 2.45) is 0 Å². The van der Waals surface area contributed by atoms with Gasteiger partial charge in [-0.2, -0.15) is 9.90 Å². The average Bonchev–Trinajstić information content (AvgIpc) is 3.20. The molecule has 0 unspecified atom stereocenters. The Bertz CT molecular complexity index is 942. The molecule has 0 bridgehead atoms. The molecule has 1 saturated heterocycles. The minimum absolute atomic E-state index is 0. The lowest BCUT2D eigenvalue weighted by atomic mass is 10.1. The maximum Gasteiger partial charge on any atom is 0.277 e. The lowest BCUT2D eigenvalue weighted by molar-refractivity contribution is 0.0277. The first-order chi connectivity index (χ1) is 13.2. The molecule has 9 heteroatoms. The van der Waals surface area contributed by atoms with Crippen molar-refractivity contribution < 1.29 is 13.9 Å². The average molecular weight is 404 g/mol. The van der Waals surface area contributed by atoms with Gasteiger partial charge in [0.2, 0.25) is 0 Å². The van der Waals surface area contributed by atoms with Gasteiger partial charge in [-0.15, -0.1) is 17.5 Å². The number of amides is 1. The zero-order valence-corrected chi connectivity index (χ0v) is 15.7. The number of nitrogens with one attached hydrogen (secondary N) is 2. The molecule has 2 aromatic carbocycles. The van der Waals surface area contributed by atoms with Crippen LogP contribution >= 0.6 is 12.4 Å². The van der Waals surface area contributed by atoms with Crippen LogP contribution in [-0.2, 0) is 4.74 Å². The number of anilines is 1. The molecule has 1 aromatic heterocycles. The molecule has 1 fully saturated rings. The topological polar surface area (TPSA) is 81.1 Å². The van der Waals surface area contributed by atoms with E-state index in [2.05, 4.69) is 20.8 Å². The van der Waals surface area contributed by atoms with E-state index >= 15 is 0 Å². The normalized spacial score (nSPS) is 16.2. The summed E-state index contributed by atoms with van der Waals surface area (Å²) < 4.78 is 19.0. The number of carbonyl (C=O) groups excluding carboxylic acids is 1. The van der Waals surface area contributed by atoms with Crippen LogP contribution in [0.5, 0.6) is 0 Å². The number of benzene rings is 2. The van der Waals surface area contributed by atoms with Gasteiger partial charge in [0.05, 0.1) is 24.6 Å². The second-order valence-electron chi connectivity index (χ2n) is 6.14. The van der Waals surface area contributed by atoms with E-state index in [1.54, 1.807) is 12.1 Å². The van der Waals surface area contributed by atoms with Crippen LogP contribution in [0.3, 0.4) is 0 Å². The summed E-state index contributed by atoms with van der Waals surface area (Å²) in [6.07, 6.45) is 1.37. The standard InChI is InChI=1S/C19H18FN5O2.ClH/c20-14-2-1-3-16(10-14)25-22-11-17(24-25)19(26)23-15-6-4-13(5-7-15)18-12-21-8-9-27-18;/h1-7,10-11,18,21H,8-9,12H2,(H,23,26);1H/t18-;/m1./s1. The van der Waals surface area contributed by atoms with Crippen molar-refractivity contribution in [1.29, 1.82) is 0 Å². The van der Waals surface area contributed by atoms with Gasteiger partial charge in [-0.05, 0) is 29.8 Å². The molecule has 0 radical (unpaired) electrons. The summed E-state index contributed by atoms with van der Waals surface area (Å²) in [7, 11) is 0. The fourth-order valence-electron chi connectivity index (χ4n) is 2.85. The lowest BCUT2D eigenvalue weighted by Crippen LogP contribution is -2.33. The highest BCUT2D eigenvalue weighted by molar-refractivity contribution is 6.02. The smallest absolute Gasteiger partial charge is 0.277 e. The number of morpholine rings is 1. The van der Waals surface area contributed by atoms with Crippen LogP contribution in [0, 0.1) is 5.82 Å². The Morgan fingerprint density at radius 1 is 1.25 bits per heavy atom. The van der Waals surface area contributed by atoms with Gasteiger partial charge < -0.3 is 15.4 Å². The number of carbonyl (C=O) groups is 1. The number of hydrogen-bond donors (Lipinski definition) is 2. The van der Waals surface area contributed by atoms with Crippen molar-refractivity contribution in [3.8, 4) is 5.69 Å². The maximum absolute atomic E-state index is 13.3. The van der Waals surface area contributed by atoms with E-state index < -0.39 is 5.82 Å². The summed E-state index contributed by atoms with van der Waals surface area (Å²) in [4.78, 5) is 13.6. The molecular weight excluding hydrogens is 385 g/mol. The Balaban J connectivity index is 0.00000225. The highest BCUT2D eigenvalue weighted by Crippen LogP contribution is 2.21. The Hall–Kier alpha value is -2.81. The summed E-state index contributed by atoms with van der Waals surface area (Å²) in [5.74, 6) is -0.783. The number of hydrogen-bond acceptors (Lipinski definition) is 5. The highest BCUT2D eigenvalue weighted by Gasteiger charge is 2.16. The second kappa shape index (κ2) is 8.92. The molecule has 1 aliphatic rings. The molecule has 0 saturated carbocycles. The zero-order valence-electron chi connectivity index (χ0n) is 14.8. The zero-order chi connectivity index (χ0) is 18.6. The van der Waals surface area contributed by atoms with Crippen LogP contribution < -0.4 is 10.6 Å². The summed E-state index contributed by atoms with van der Waals surface area (Å²) in [5.41, 5.74) is 2.28. The van der Waals surface area contributed by atoms with Gasteiger partial charge in [-0.3, -0.25) is 4.79 Å². The summed E-state index contributed by atoms with van der Waals surface area (Å²) >= 11 is 0. The van der Waals surface area contributed by atoms with Crippen molar-refractivity contribution in [2.75, 3.05) is 25.0 Å². The molecule has 3 aromatic rings. The fourth-order valence-corrected chi connectivity index (χ4v) is 2.85. The SMILES string of the molecule is Cl.O=C(Nc1ccc([C@H]2CNCCO2)cc1)c1cnn(-c2cccc(F)c2)n1. The van der Waals surface area contributed by atoms with Crippen molar-refractivity contribution in [3.63, 3.8) is 0 Å². The molecule has 2 heterocycles. The number of nitrogens with zero attached hydrogens (tertiary/aromatic N) is 3. The van der Waals surface area contributed by atoms with Gasteiger partial charge in [-0.1, -0.05) is 18.2 Å². The third-order valence-corrected chi connectivity index (χ3v) is 4.23. The van der Waals surface area contributed by atoms with Crippen LogP contribution in [0.2, 0.25) is 0 Å². The third-order valence-electron chi connectivity index (χ3n) is 4.23. The summed E-state index contributed by atoms with van der Waals surface area (Å²) in [6.45, 7) is 2.32. The number of ether oxygens (including phenoxy) is 1. The Morgan fingerprint density at radius 3 is 2.79 bits per heavy atom. The minimum Gasteiger partial charge on any atom is -0.371 e. The minimum atomic E-state index is -0.395. The van der Waals surface area contributed by atoms with Crippen LogP contribution in [0.4, 0.5) is 10.1 Å². The molecule has 0 spiro atoms. The highest BCUT2D eigenvalue weighted by atomic mass is 35.5. The molecule has 28 heavy (non-hydrogen) atoms. The van der Waals surface area contributed by atoms with Crippen LogP contribution in [0.15, 0.2) is 54.7 Å². The van der Waals surface area contributed by atoms with E-state index in [4.69, 9.17) is 4.74 Å². The maximum atomic E-state index is 13.3. The Morgan fingerprint density at radius 2 is 2.07 bits per heavy atom. The van der Waals surface area contributed by atoms with Gasteiger partial charge in [0, 0.05) is 24.8 Å². The Labute approximate surface area is 167 Å².